The molecule has 0 saturated heterocycles. The van der Waals surface area contributed by atoms with Gasteiger partial charge in [0.05, 0.1) is 0 Å². The molecule has 1 aliphatic carbocycles. The number of nitrogens with one attached hydrogen (secondary N) is 1. The number of alkyl halides is 2. The summed E-state index contributed by atoms with van der Waals surface area (Å²) < 4.78 is 25.7. The van der Waals surface area contributed by atoms with Crippen LogP contribution in [-0.4, -0.2) is 24.9 Å². The molecule has 1 aliphatic rings. The lowest BCUT2D eigenvalue weighted by molar-refractivity contribution is -0.129. The number of azide groups is 1. The second-order valence-electron chi connectivity index (χ2n) is 4.23. The molecule has 0 aromatic carbocycles. The first-order valence-corrected chi connectivity index (χ1v) is 5.71. The Morgan fingerprint density at radius 2 is 2.12 bits per heavy atom. The fraction of sp³-hybridized carbons (Fsp3) is 0.900. The molecule has 0 radical (unpaired) electrons. The number of halogens is 2. The molecule has 0 spiro atoms. The molecule has 0 atom stereocenters. The quantitative estimate of drug-likeness (QED) is 0.344. The van der Waals surface area contributed by atoms with Crippen molar-refractivity contribution in [2.24, 2.45) is 11.0 Å². The van der Waals surface area contributed by atoms with Crippen LogP contribution in [-0.2, 0) is 4.79 Å². The molecule has 5 nitrogen and oxygen atoms in total. The van der Waals surface area contributed by atoms with Crippen LogP contribution in [0.3, 0.4) is 0 Å². The maximum Gasteiger partial charge on any atom is 0.248 e. The molecule has 1 fully saturated rings. The van der Waals surface area contributed by atoms with Gasteiger partial charge in [-0.3, -0.25) is 4.79 Å². The van der Waals surface area contributed by atoms with Gasteiger partial charge < -0.3 is 5.32 Å². The third-order valence-corrected chi connectivity index (χ3v) is 2.89. The van der Waals surface area contributed by atoms with E-state index in [1.807, 2.05) is 0 Å². The fourth-order valence-corrected chi connectivity index (χ4v) is 1.85. The predicted molar refractivity (Wildman–Crippen MR) is 58.5 cm³/mol. The third kappa shape index (κ3) is 4.99. The molecule has 1 N–H and O–H groups in total. The van der Waals surface area contributed by atoms with Crippen molar-refractivity contribution >= 4 is 5.91 Å². The summed E-state index contributed by atoms with van der Waals surface area (Å²) in [5.41, 5.74) is 8.03. The largest absolute Gasteiger partial charge is 0.356 e. The predicted octanol–water partition coefficient (Wildman–Crippen LogP) is 2.63. The highest BCUT2D eigenvalue weighted by atomic mass is 19.3. The topological polar surface area (TPSA) is 77.9 Å². The summed E-state index contributed by atoms with van der Waals surface area (Å²) in [6.45, 7) is 0.754. The van der Waals surface area contributed by atoms with Gasteiger partial charge in [-0.05, 0) is 24.8 Å². The maximum absolute atomic E-state index is 12.9. The minimum atomic E-state index is -2.60. The molecule has 1 saturated carbocycles. The highest BCUT2D eigenvalue weighted by Gasteiger charge is 2.37. The van der Waals surface area contributed by atoms with Crippen molar-refractivity contribution in [1.29, 1.82) is 0 Å². The monoisotopic (exact) mass is 246 g/mol. The number of nitrogens with zero attached hydrogens (tertiary/aromatic N) is 3. The Hall–Kier alpha value is -1.36. The van der Waals surface area contributed by atoms with E-state index in [2.05, 4.69) is 15.3 Å². The molecule has 0 aromatic rings. The lowest BCUT2D eigenvalue weighted by atomic mass is 9.86. The van der Waals surface area contributed by atoms with E-state index < -0.39 is 5.92 Å². The van der Waals surface area contributed by atoms with Crippen LogP contribution in [0, 0.1) is 5.92 Å². The van der Waals surface area contributed by atoms with E-state index in [4.69, 9.17) is 5.53 Å². The molecule has 0 aliphatic heterocycles. The SMILES string of the molecule is [N-]=[N+]=NCCCNC(=O)C1CCC(F)(F)CC1. The number of carbonyl (C=O) groups is 1. The van der Waals surface area contributed by atoms with Gasteiger partial charge in [-0.15, -0.1) is 0 Å². The van der Waals surface area contributed by atoms with Crippen molar-refractivity contribution < 1.29 is 13.6 Å². The summed E-state index contributed by atoms with van der Waals surface area (Å²) in [6, 6.07) is 0. The Bertz CT molecular complexity index is 305. The Balaban J connectivity index is 2.18. The third-order valence-electron chi connectivity index (χ3n) is 2.89. The van der Waals surface area contributed by atoms with Crippen molar-refractivity contribution in [2.75, 3.05) is 13.1 Å². The minimum absolute atomic E-state index is 0.165. The Morgan fingerprint density at radius 3 is 2.71 bits per heavy atom. The first-order valence-electron chi connectivity index (χ1n) is 5.71. The average molecular weight is 246 g/mol. The normalized spacial score (nSPS) is 19.4. The number of rotatable bonds is 5. The van der Waals surface area contributed by atoms with Crippen molar-refractivity contribution in [3.05, 3.63) is 10.4 Å². The van der Waals surface area contributed by atoms with Crippen molar-refractivity contribution in [3.63, 3.8) is 0 Å². The second-order valence-corrected chi connectivity index (χ2v) is 4.23. The summed E-state index contributed by atoms with van der Waals surface area (Å²) in [5, 5.41) is 6.00. The Kier molecular flexibility index (Phi) is 5.15. The van der Waals surface area contributed by atoms with Crippen LogP contribution in [0.2, 0.25) is 0 Å². The summed E-state index contributed by atoms with van der Waals surface area (Å²) >= 11 is 0. The van der Waals surface area contributed by atoms with Crippen LogP contribution < -0.4 is 5.32 Å². The van der Waals surface area contributed by atoms with E-state index >= 15 is 0 Å². The minimum Gasteiger partial charge on any atom is -0.356 e. The zero-order valence-electron chi connectivity index (χ0n) is 9.53. The van der Waals surface area contributed by atoms with Gasteiger partial charge in [0.1, 0.15) is 0 Å². The highest BCUT2D eigenvalue weighted by molar-refractivity contribution is 5.78. The van der Waals surface area contributed by atoms with Gasteiger partial charge in [0.15, 0.2) is 0 Å². The maximum atomic E-state index is 12.9. The molecule has 0 aromatic heterocycles. The van der Waals surface area contributed by atoms with Gasteiger partial charge >= 0.3 is 0 Å². The smallest absolute Gasteiger partial charge is 0.248 e. The standard InChI is InChI=1S/C10H16F2N4O/c11-10(12)4-2-8(3-5-10)9(17)14-6-1-7-15-16-13/h8H,1-7H2,(H,14,17). The number of hydrogen-bond donors (Lipinski definition) is 1. The van der Waals surface area contributed by atoms with Crippen LogP contribution in [0.15, 0.2) is 5.11 Å². The van der Waals surface area contributed by atoms with Crippen LogP contribution in [0.4, 0.5) is 8.78 Å². The lowest BCUT2D eigenvalue weighted by Crippen LogP contribution is -2.36. The summed E-state index contributed by atoms with van der Waals surface area (Å²) in [4.78, 5) is 14.2. The number of carbonyl (C=O) groups excluding carboxylic acids is 1. The molecule has 1 amide bonds. The van der Waals surface area contributed by atoms with E-state index in [9.17, 15) is 13.6 Å². The summed E-state index contributed by atoms with van der Waals surface area (Å²) in [6.07, 6.45) is 0.649. The first-order chi connectivity index (χ1) is 8.05. The molecule has 96 valence electrons. The van der Waals surface area contributed by atoms with Gasteiger partial charge in [0.2, 0.25) is 11.8 Å². The molecule has 7 heteroatoms. The molecule has 0 unspecified atom stereocenters. The van der Waals surface area contributed by atoms with Gasteiger partial charge in [-0.25, -0.2) is 8.78 Å². The van der Waals surface area contributed by atoms with Crippen LogP contribution in [0.1, 0.15) is 32.1 Å². The van der Waals surface area contributed by atoms with Crippen LogP contribution in [0.5, 0.6) is 0 Å². The molecular formula is C10H16F2N4O. The zero-order valence-corrected chi connectivity index (χ0v) is 9.53. The average Bonchev–Trinajstić information content (AvgIpc) is 2.28. The van der Waals surface area contributed by atoms with Gasteiger partial charge in [0, 0.05) is 36.8 Å². The van der Waals surface area contributed by atoms with E-state index in [0.29, 0.717) is 19.5 Å². The molecule has 17 heavy (non-hydrogen) atoms. The van der Waals surface area contributed by atoms with Gasteiger partial charge in [0.25, 0.3) is 0 Å². The van der Waals surface area contributed by atoms with Crippen LogP contribution in [0.25, 0.3) is 10.4 Å². The summed E-state index contributed by atoms with van der Waals surface area (Å²) in [5.74, 6) is -3.06. The van der Waals surface area contributed by atoms with Crippen molar-refractivity contribution in [2.45, 2.75) is 38.0 Å². The van der Waals surface area contributed by atoms with Crippen molar-refractivity contribution in [1.82, 2.24) is 5.32 Å². The van der Waals surface area contributed by atoms with E-state index in [0.717, 1.165) is 0 Å². The molecule has 1 rings (SSSR count). The molecule has 0 bridgehead atoms. The van der Waals surface area contributed by atoms with Gasteiger partial charge in [-0.2, -0.15) is 0 Å². The first kappa shape index (κ1) is 13.7. The number of hydrogen-bond acceptors (Lipinski definition) is 2. The van der Waals surface area contributed by atoms with Crippen molar-refractivity contribution in [3.8, 4) is 0 Å². The molecular weight excluding hydrogens is 230 g/mol. The van der Waals surface area contributed by atoms with Crippen LogP contribution >= 0.6 is 0 Å². The van der Waals surface area contributed by atoms with E-state index in [-0.39, 0.29) is 37.5 Å². The Morgan fingerprint density at radius 1 is 1.47 bits per heavy atom. The highest BCUT2D eigenvalue weighted by Crippen LogP contribution is 2.36. The van der Waals surface area contributed by atoms with E-state index in [1.165, 1.54) is 0 Å². The second kappa shape index (κ2) is 6.39. The van der Waals surface area contributed by atoms with E-state index in [1.54, 1.807) is 0 Å². The zero-order chi connectivity index (χ0) is 12.7. The molecule has 0 heterocycles. The summed E-state index contributed by atoms with van der Waals surface area (Å²) in [7, 11) is 0. The van der Waals surface area contributed by atoms with Gasteiger partial charge in [-0.1, -0.05) is 5.11 Å². The fourth-order valence-electron chi connectivity index (χ4n) is 1.85. The lowest BCUT2D eigenvalue weighted by Gasteiger charge is -2.27. The number of amides is 1. The Labute approximate surface area is 98.2 Å².